The second-order valence-corrected chi connectivity index (χ2v) is 7.01. The van der Waals surface area contributed by atoms with Crippen LogP contribution in [0.4, 0.5) is 28.9 Å². The van der Waals surface area contributed by atoms with Gasteiger partial charge in [0, 0.05) is 29.0 Å². The van der Waals surface area contributed by atoms with Crippen LogP contribution in [0, 0.1) is 5.82 Å². The summed E-state index contributed by atoms with van der Waals surface area (Å²) in [6, 6.07) is 11.1. The van der Waals surface area contributed by atoms with Gasteiger partial charge >= 0.3 is 6.18 Å². The Labute approximate surface area is 183 Å². The summed E-state index contributed by atoms with van der Waals surface area (Å²) in [6.45, 7) is 0. The molecule has 0 aliphatic heterocycles. The van der Waals surface area contributed by atoms with E-state index in [2.05, 4.69) is 20.5 Å². The predicted octanol–water partition coefficient (Wildman–Crippen LogP) is 4.75. The van der Waals surface area contributed by atoms with E-state index in [0.29, 0.717) is 23.0 Å². The Kier molecular flexibility index (Phi) is 5.78. The van der Waals surface area contributed by atoms with Gasteiger partial charge in [-0.05, 0) is 42.5 Å². The first-order valence-corrected chi connectivity index (χ1v) is 9.56. The molecule has 4 aromatic rings. The summed E-state index contributed by atoms with van der Waals surface area (Å²) < 4.78 is 52.4. The first-order chi connectivity index (χ1) is 15.7. The van der Waals surface area contributed by atoms with Crippen molar-refractivity contribution in [2.75, 3.05) is 10.6 Å². The summed E-state index contributed by atoms with van der Waals surface area (Å²) >= 11 is 0. The number of carbonyl (C=O) groups is 2. The number of anilines is 2. The molecule has 0 saturated carbocycles. The highest BCUT2D eigenvalue weighted by molar-refractivity contribution is 6.08. The number of nitrogens with zero attached hydrogens (tertiary/aromatic N) is 2. The largest absolute Gasteiger partial charge is 0.419 e. The van der Waals surface area contributed by atoms with Crippen LogP contribution in [-0.4, -0.2) is 27.0 Å². The van der Waals surface area contributed by atoms with Gasteiger partial charge in [0.15, 0.2) is 5.82 Å². The van der Waals surface area contributed by atoms with Crippen molar-refractivity contribution in [3.8, 4) is 11.3 Å². The van der Waals surface area contributed by atoms with Gasteiger partial charge in [0.25, 0.3) is 0 Å². The quantitative estimate of drug-likeness (QED) is 0.298. The number of H-pyrrole nitrogens is 1. The maximum atomic E-state index is 14.0. The Hall–Kier alpha value is -4.28. The van der Waals surface area contributed by atoms with Gasteiger partial charge in [-0.15, -0.1) is 0 Å². The first-order valence-electron chi connectivity index (χ1n) is 9.56. The van der Waals surface area contributed by atoms with Crippen LogP contribution in [0.25, 0.3) is 22.2 Å². The molecule has 2 aromatic heterocycles. The molecule has 0 bridgehead atoms. The van der Waals surface area contributed by atoms with Crippen molar-refractivity contribution in [3.05, 3.63) is 72.3 Å². The molecule has 0 aliphatic rings. The Morgan fingerprint density at radius 3 is 2.52 bits per heavy atom. The average Bonchev–Trinajstić information content (AvgIpc) is 3.18. The van der Waals surface area contributed by atoms with Crippen LogP contribution in [0.1, 0.15) is 12.0 Å². The number of halogens is 4. The van der Waals surface area contributed by atoms with Crippen molar-refractivity contribution in [3.63, 3.8) is 0 Å². The number of carbonyl (C=O) groups excluding carboxylic acids is 2. The third-order valence-corrected chi connectivity index (χ3v) is 4.68. The molecule has 7 nitrogen and oxygen atoms in total. The lowest BCUT2D eigenvalue weighted by atomic mass is 10.1. The SMILES string of the molecule is O=C(CC(=O)Nc1cccc(C(F)(F)F)c1F)Nc1ccc2c(-c3cccnc3)n[nH]c2c1. The third-order valence-electron chi connectivity index (χ3n) is 4.68. The van der Waals surface area contributed by atoms with E-state index in [1.54, 1.807) is 36.7 Å². The molecule has 2 heterocycles. The molecular formula is C22H15F4N5O2. The number of fused-ring (bicyclic) bond motifs is 1. The minimum atomic E-state index is -4.91. The van der Waals surface area contributed by atoms with E-state index < -0.39 is 41.5 Å². The average molecular weight is 457 g/mol. The highest BCUT2D eigenvalue weighted by atomic mass is 19.4. The molecule has 4 rings (SSSR count). The van der Waals surface area contributed by atoms with Gasteiger partial charge in [-0.1, -0.05) is 6.07 Å². The fourth-order valence-electron chi connectivity index (χ4n) is 3.21. The summed E-state index contributed by atoms with van der Waals surface area (Å²) in [5, 5.41) is 12.4. The van der Waals surface area contributed by atoms with Crippen molar-refractivity contribution in [2.24, 2.45) is 0 Å². The second kappa shape index (κ2) is 8.69. The van der Waals surface area contributed by atoms with Gasteiger partial charge in [0.2, 0.25) is 11.8 Å². The Morgan fingerprint density at radius 2 is 1.79 bits per heavy atom. The number of pyridine rings is 1. The molecule has 0 spiro atoms. The molecule has 0 radical (unpaired) electrons. The van der Waals surface area contributed by atoms with Crippen LogP contribution >= 0.6 is 0 Å². The maximum Gasteiger partial charge on any atom is 0.419 e. The Morgan fingerprint density at radius 1 is 1.00 bits per heavy atom. The zero-order valence-corrected chi connectivity index (χ0v) is 16.7. The van der Waals surface area contributed by atoms with E-state index in [0.717, 1.165) is 23.1 Å². The molecule has 33 heavy (non-hydrogen) atoms. The van der Waals surface area contributed by atoms with E-state index in [1.807, 2.05) is 11.4 Å². The van der Waals surface area contributed by atoms with Gasteiger partial charge < -0.3 is 10.6 Å². The minimum absolute atomic E-state index is 0.368. The van der Waals surface area contributed by atoms with Crippen molar-refractivity contribution in [1.82, 2.24) is 15.2 Å². The van der Waals surface area contributed by atoms with Gasteiger partial charge in [0.05, 0.1) is 16.8 Å². The second-order valence-electron chi connectivity index (χ2n) is 7.01. The lowest BCUT2D eigenvalue weighted by Gasteiger charge is -2.12. The molecule has 0 saturated heterocycles. The molecule has 0 unspecified atom stereocenters. The third kappa shape index (κ3) is 4.81. The number of hydrogen-bond donors (Lipinski definition) is 3. The highest BCUT2D eigenvalue weighted by Gasteiger charge is 2.35. The monoisotopic (exact) mass is 457 g/mol. The number of rotatable bonds is 5. The molecule has 2 amide bonds. The van der Waals surface area contributed by atoms with Crippen LogP contribution in [0.15, 0.2) is 60.9 Å². The number of benzene rings is 2. The van der Waals surface area contributed by atoms with Crippen LogP contribution in [0.3, 0.4) is 0 Å². The Bertz CT molecular complexity index is 1340. The number of alkyl halides is 3. The van der Waals surface area contributed by atoms with Crippen molar-refractivity contribution >= 4 is 34.1 Å². The van der Waals surface area contributed by atoms with E-state index in [4.69, 9.17) is 0 Å². The zero-order valence-electron chi connectivity index (χ0n) is 16.7. The van der Waals surface area contributed by atoms with Crippen LogP contribution < -0.4 is 10.6 Å². The molecule has 3 N–H and O–H groups in total. The predicted molar refractivity (Wildman–Crippen MR) is 113 cm³/mol. The van der Waals surface area contributed by atoms with E-state index >= 15 is 0 Å². The molecule has 11 heteroatoms. The van der Waals surface area contributed by atoms with Crippen LogP contribution in [-0.2, 0) is 15.8 Å². The fraction of sp³-hybridized carbons (Fsp3) is 0.0909. The molecule has 168 valence electrons. The molecule has 0 fully saturated rings. The van der Waals surface area contributed by atoms with Crippen LogP contribution in [0.2, 0.25) is 0 Å². The minimum Gasteiger partial charge on any atom is -0.326 e. The van der Waals surface area contributed by atoms with Gasteiger partial charge in [-0.25, -0.2) is 4.39 Å². The van der Waals surface area contributed by atoms with Crippen molar-refractivity contribution in [2.45, 2.75) is 12.6 Å². The Balaban J connectivity index is 1.42. The lowest BCUT2D eigenvalue weighted by molar-refractivity contribution is -0.140. The fourth-order valence-corrected chi connectivity index (χ4v) is 3.21. The topological polar surface area (TPSA) is 99.8 Å². The first kappa shape index (κ1) is 21.9. The summed E-state index contributed by atoms with van der Waals surface area (Å²) in [5.41, 5.74) is 0.305. The van der Waals surface area contributed by atoms with E-state index in [9.17, 15) is 27.2 Å². The number of aromatic amines is 1. The lowest BCUT2D eigenvalue weighted by Crippen LogP contribution is -2.22. The van der Waals surface area contributed by atoms with Crippen molar-refractivity contribution in [1.29, 1.82) is 0 Å². The maximum absolute atomic E-state index is 14.0. The van der Waals surface area contributed by atoms with Gasteiger partial charge in [0.1, 0.15) is 12.1 Å². The molecule has 0 aliphatic carbocycles. The van der Waals surface area contributed by atoms with Crippen LogP contribution in [0.5, 0.6) is 0 Å². The number of hydrogen-bond acceptors (Lipinski definition) is 4. The van der Waals surface area contributed by atoms with Gasteiger partial charge in [-0.2, -0.15) is 18.3 Å². The highest BCUT2D eigenvalue weighted by Crippen LogP contribution is 2.34. The molecular weight excluding hydrogens is 442 g/mol. The smallest absolute Gasteiger partial charge is 0.326 e. The van der Waals surface area contributed by atoms with Crippen molar-refractivity contribution < 1.29 is 27.2 Å². The summed E-state index contributed by atoms with van der Waals surface area (Å²) in [7, 11) is 0. The summed E-state index contributed by atoms with van der Waals surface area (Å²) in [6.07, 6.45) is -2.33. The molecule has 2 aromatic carbocycles. The summed E-state index contributed by atoms with van der Waals surface area (Å²) in [4.78, 5) is 28.3. The molecule has 0 atom stereocenters. The van der Waals surface area contributed by atoms with E-state index in [1.165, 1.54) is 0 Å². The standard InChI is InChI=1S/C22H15F4N5O2/c23-20-15(22(24,25)26)4-1-5-16(20)29-19(33)10-18(32)28-13-6-7-14-17(9-13)30-31-21(14)12-3-2-8-27-11-12/h1-9,11H,10H2,(H,28,32)(H,29,33)(H,30,31). The van der Waals surface area contributed by atoms with Gasteiger partial charge in [-0.3, -0.25) is 19.7 Å². The van der Waals surface area contributed by atoms with E-state index in [-0.39, 0.29) is 0 Å². The normalized spacial score (nSPS) is 11.4. The number of amides is 2. The number of aromatic nitrogens is 3. The number of nitrogens with one attached hydrogen (secondary N) is 3. The zero-order chi connectivity index (χ0) is 23.6. The summed E-state index contributed by atoms with van der Waals surface area (Å²) in [5.74, 6) is -3.31.